The van der Waals surface area contributed by atoms with Gasteiger partial charge in [0.25, 0.3) is 11.9 Å². The fourth-order valence-electron chi connectivity index (χ4n) is 3.83. The molecule has 2 fully saturated rings. The van der Waals surface area contributed by atoms with Crippen LogP contribution < -0.4 is 14.8 Å². The van der Waals surface area contributed by atoms with Gasteiger partial charge in [-0.1, -0.05) is 11.6 Å². The first-order chi connectivity index (χ1) is 14.8. The van der Waals surface area contributed by atoms with Crippen molar-refractivity contribution in [2.45, 2.75) is 76.7 Å². The minimum Gasteiger partial charge on any atom is -0.472 e. The van der Waals surface area contributed by atoms with E-state index in [2.05, 4.69) is 15.3 Å². The lowest BCUT2D eigenvalue weighted by Gasteiger charge is -2.29. The summed E-state index contributed by atoms with van der Waals surface area (Å²) >= 11 is 6.25. The number of imidazole rings is 1. The Balaban J connectivity index is 1.37. The van der Waals surface area contributed by atoms with Gasteiger partial charge in [-0.3, -0.25) is 9.36 Å². The highest BCUT2D eigenvalue weighted by molar-refractivity contribution is 6.33. The van der Waals surface area contributed by atoms with E-state index in [1.165, 1.54) is 6.92 Å². The van der Waals surface area contributed by atoms with E-state index in [9.17, 15) is 9.18 Å². The van der Waals surface area contributed by atoms with Gasteiger partial charge in [-0.25, -0.2) is 0 Å². The molecule has 0 aliphatic heterocycles. The Morgan fingerprint density at radius 2 is 1.77 bits per heavy atom. The van der Waals surface area contributed by atoms with Crippen LogP contribution in [0.5, 0.6) is 11.9 Å². The number of carbonyl (C=O) groups is 1. The third kappa shape index (κ3) is 5.20. The maximum absolute atomic E-state index is 15.0. The lowest BCUT2D eigenvalue weighted by molar-refractivity contribution is -0.120. The van der Waals surface area contributed by atoms with Gasteiger partial charge in [0.15, 0.2) is 5.15 Å². The Bertz CT molecular complexity index is 957. The van der Waals surface area contributed by atoms with E-state index < -0.39 is 5.82 Å². The van der Waals surface area contributed by atoms with E-state index in [0.29, 0.717) is 12.6 Å². The molecular formula is C21H28ClFN4O4. The Morgan fingerprint density at radius 1 is 1.16 bits per heavy atom. The summed E-state index contributed by atoms with van der Waals surface area (Å²) in [5.41, 5.74) is 0.499. The molecule has 1 N–H and O–H groups in total. The van der Waals surface area contributed by atoms with Crippen molar-refractivity contribution in [3.05, 3.63) is 11.0 Å². The summed E-state index contributed by atoms with van der Waals surface area (Å²) in [4.78, 5) is 19.5. The third-order valence-electron chi connectivity index (χ3n) is 5.57. The molecule has 4 rings (SSSR count). The van der Waals surface area contributed by atoms with E-state index in [0.717, 1.165) is 38.5 Å². The highest BCUT2D eigenvalue weighted by Crippen LogP contribution is 2.35. The minimum atomic E-state index is -0.568. The average Bonchev–Trinajstić information content (AvgIpc) is 3.47. The molecule has 170 valence electrons. The van der Waals surface area contributed by atoms with Crippen LogP contribution in [0.25, 0.3) is 11.0 Å². The van der Waals surface area contributed by atoms with Gasteiger partial charge in [-0.05, 0) is 45.4 Å². The second-order valence-electron chi connectivity index (χ2n) is 8.44. The minimum absolute atomic E-state index is 0.0121. The van der Waals surface area contributed by atoms with Crippen molar-refractivity contribution in [3.63, 3.8) is 0 Å². The molecule has 2 aliphatic rings. The molecule has 2 aromatic heterocycles. The third-order valence-corrected chi connectivity index (χ3v) is 5.84. The predicted molar refractivity (Wildman–Crippen MR) is 113 cm³/mol. The number of fused-ring (bicyclic) bond motifs is 1. The lowest BCUT2D eigenvalue weighted by atomic mass is 9.95. The first-order valence-corrected chi connectivity index (χ1v) is 11.1. The van der Waals surface area contributed by atoms with Crippen molar-refractivity contribution in [3.8, 4) is 11.9 Å². The molecule has 1 amide bonds. The summed E-state index contributed by atoms with van der Waals surface area (Å²) in [5, 5.41) is 2.91. The van der Waals surface area contributed by atoms with Crippen molar-refractivity contribution in [2.75, 3.05) is 6.61 Å². The van der Waals surface area contributed by atoms with Crippen molar-refractivity contribution in [1.29, 1.82) is 0 Å². The van der Waals surface area contributed by atoms with Crippen LogP contribution in [0.3, 0.4) is 0 Å². The number of nitrogens with one attached hydrogen (secondary N) is 1. The molecule has 0 aromatic carbocycles. The van der Waals surface area contributed by atoms with Gasteiger partial charge in [0.2, 0.25) is 11.7 Å². The van der Waals surface area contributed by atoms with Gasteiger partial charge in [0.1, 0.15) is 23.2 Å². The van der Waals surface area contributed by atoms with Gasteiger partial charge >= 0.3 is 0 Å². The van der Waals surface area contributed by atoms with E-state index in [1.807, 2.05) is 6.92 Å². The number of hydrogen-bond acceptors (Lipinski definition) is 6. The zero-order chi connectivity index (χ0) is 22.1. The summed E-state index contributed by atoms with van der Waals surface area (Å²) in [6.07, 6.45) is 5.19. The summed E-state index contributed by atoms with van der Waals surface area (Å²) in [5.74, 6) is -0.712. The van der Waals surface area contributed by atoms with E-state index >= 15 is 0 Å². The molecule has 0 bridgehead atoms. The molecule has 2 aliphatic carbocycles. The Kier molecular flexibility index (Phi) is 6.52. The molecular weight excluding hydrogens is 427 g/mol. The number of ether oxygens (including phenoxy) is 3. The van der Waals surface area contributed by atoms with Gasteiger partial charge < -0.3 is 19.5 Å². The predicted octanol–water partition coefficient (Wildman–Crippen LogP) is 3.53. The molecule has 31 heavy (non-hydrogen) atoms. The first kappa shape index (κ1) is 22.1. The standard InChI is InChI=1S/C21H28ClFN4O4/c1-11(24-12(2)28)10-29-13-4-6-15(7-5-13)31-21-25-17-18(27(21)3)16(23)20(26-19(17)22)30-14-8-9-14/h11,13-15H,4-10H2,1-3H3,(H,24,28)/t11-,13?,15?/m0/s1. The number of carbonyl (C=O) groups excluding carboxylic acids is 1. The topological polar surface area (TPSA) is 87.5 Å². The summed E-state index contributed by atoms with van der Waals surface area (Å²) in [7, 11) is 1.70. The van der Waals surface area contributed by atoms with Crippen LogP contribution in [0.1, 0.15) is 52.4 Å². The van der Waals surface area contributed by atoms with Crippen molar-refractivity contribution >= 4 is 28.5 Å². The number of halogens is 2. The fraction of sp³-hybridized carbons (Fsp3) is 0.667. The number of amides is 1. The van der Waals surface area contributed by atoms with Crippen LogP contribution in [0.2, 0.25) is 5.15 Å². The zero-order valence-corrected chi connectivity index (χ0v) is 18.7. The summed E-state index contributed by atoms with van der Waals surface area (Å²) in [6.45, 7) is 3.90. The fourth-order valence-corrected chi connectivity index (χ4v) is 4.04. The summed E-state index contributed by atoms with van der Waals surface area (Å²) < 4.78 is 34.1. The van der Waals surface area contributed by atoms with Crippen molar-refractivity contribution in [2.24, 2.45) is 7.05 Å². The monoisotopic (exact) mass is 454 g/mol. The molecule has 0 unspecified atom stereocenters. The number of hydrogen-bond donors (Lipinski definition) is 1. The molecule has 10 heteroatoms. The number of nitrogens with zero attached hydrogens (tertiary/aromatic N) is 3. The zero-order valence-electron chi connectivity index (χ0n) is 18.0. The molecule has 2 aromatic rings. The smallest absolute Gasteiger partial charge is 0.297 e. The number of rotatable bonds is 8. The first-order valence-electron chi connectivity index (χ1n) is 10.7. The number of pyridine rings is 1. The average molecular weight is 455 g/mol. The molecule has 0 saturated heterocycles. The molecule has 2 heterocycles. The number of aromatic nitrogens is 3. The van der Waals surface area contributed by atoms with Crippen LogP contribution in [0.4, 0.5) is 4.39 Å². The SMILES string of the molecule is CC(=O)N[C@@H](C)COC1CCC(Oc2nc3c(Cl)nc(OC4CC4)c(F)c3n2C)CC1. The van der Waals surface area contributed by atoms with Crippen LogP contribution >= 0.6 is 11.6 Å². The Hall–Kier alpha value is -2.13. The maximum atomic E-state index is 15.0. The highest BCUT2D eigenvalue weighted by Gasteiger charge is 2.30. The normalized spacial score (nSPS) is 22.4. The lowest BCUT2D eigenvalue weighted by Crippen LogP contribution is -2.37. The molecule has 0 radical (unpaired) electrons. The quantitative estimate of drug-likeness (QED) is 0.614. The second kappa shape index (κ2) is 9.16. The number of aryl methyl sites for hydroxylation is 1. The van der Waals surface area contributed by atoms with Crippen molar-refractivity contribution < 1.29 is 23.4 Å². The van der Waals surface area contributed by atoms with Crippen molar-refractivity contribution in [1.82, 2.24) is 19.9 Å². The Morgan fingerprint density at radius 3 is 2.42 bits per heavy atom. The summed E-state index contributed by atoms with van der Waals surface area (Å²) in [6, 6.07) is 0.290. The highest BCUT2D eigenvalue weighted by atomic mass is 35.5. The van der Waals surface area contributed by atoms with Gasteiger partial charge in [-0.2, -0.15) is 14.4 Å². The maximum Gasteiger partial charge on any atom is 0.297 e. The Labute approximate surface area is 185 Å². The molecule has 8 nitrogen and oxygen atoms in total. The van der Waals surface area contributed by atoms with Crippen LogP contribution in [0, 0.1) is 5.82 Å². The van der Waals surface area contributed by atoms with Gasteiger partial charge in [-0.15, -0.1) is 0 Å². The van der Waals surface area contributed by atoms with E-state index in [-0.39, 0.29) is 52.3 Å². The largest absolute Gasteiger partial charge is 0.472 e. The van der Waals surface area contributed by atoms with E-state index in [4.69, 9.17) is 25.8 Å². The van der Waals surface area contributed by atoms with Crippen LogP contribution in [-0.2, 0) is 16.6 Å². The van der Waals surface area contributed by atoms with Crippen LogP contribution in [0.15, 0.2) is 0 Å². The molecule has 2 saturated carbocycles. The van der Waals surface area contributed by atoms with Gasteiger partial charge in [0.05, 0.1) is 12.7 Å². The van der Waals surface area contributed by atoms with Gasteiger partial charge in [0, 0.05) is 20.0 Å². The second-order valence-corrected chi connectivity index (χ2v) is 8.80. The molecule has 0 spiro atoms. The molecule has 1 atom stereocenters. The van der Waals surface area contributed by atoms with E-state index in [1.54, 1.807) is 11.6 Å². The van der Waals surface area contributed by atoms with Crippen LogP contribution in [-0.4, -0.2) is 51.4 Å².